The third-order valence-electron chi connectivity index (χ3n) is 14.3. The Morgan fingerprint density at radius 1 is 0.394 bits per heavy atom. The molecule has 0 bridgehead atoms. The summed E-state index contributed by atoms with van der Waals surface area (Å²) in [5, 5.41) is 9.82. The Morgan fingerprint density at radius 3 is 1.67 bits per heavy atom. The average Bonchev–Trinajstić information content (AvgIpc) is 3.96. The summed E-state index contributed by atoms with van der Waals surface area (Å²) >= 11 is 1.87. The Hall–Kier alpha value is -8.04. The molecule has 2 atom stereocenters. The maximum absolute atomic E-state index is 6.93. The van der Waals surface area contributed by atoms with E-state index in [1.165, 1.54) is 108 Å². The standard InChI is InChI=1S/C64H40OS/c1-3-17-39(18-4-1)41-33-35-57-53(37-41)54-38-42(34-36-58(54)66-57)60-45-23-9-13-27-49(45)62(50-28-14-10-24-46(50)60)52-30-16-32-56-64(52)63-51(29-15-31-55(63)65-56)61-47-25-11-7-21-43(47)59(40-19-5-2-6-20-40)44-22-8-12-26-48(44)61/h1-38,43,59H. The Kier molecular flexibility index (Phi) is 8.35. The van der Waals surface area contributed by atoms with Crippen LogP contribution < -0.4 is 0 Å². The van der Waals surface area contributed by atoms with Gasteiger partial charge in [0.05, 0.1) is 0 Å². The van der Waals surface area contributed by atoms with Crippen LogP contribution >= 0.6 is 11.3 Å². The zero-order valence-corrected chi connectivity index (χ0v) is 36.7. The highest BCUT2D eigenvalue weighted by Crippen LogP contribution is 2.53. The summed E-state index contributed by atoms with van der Waals surface area (Å²) in [6.45, 7) is 0. The Morgan fingerprint density at radius 2 is 0.955 bits per heavy atom. The molecule has 12 aromatic rings. The third-order valence-corrected chi connectivity index (χ3v) is 15.4. The monoisotopic (exact) mass is 856 g/mol. The zero-order valence-electron chi connectivity index (χ0n) is 35.9. The fraction of sp³-hybridized carbons (Fsp3) is 0.0312. The van der Waals surface area contributed by atoms with Crippen molar-refractivity contribution in [1.82, 2.24) is 0 Å². The lowest BCUT2D eigenvalue weighted by atomic mass is 9.66. The van der Waals surface area contributed by atoms with Gasteiger partial charge in [-0.05, 0) is 125 Å². The Labute approximate surface area is 386 Å². The van der Waals surface area contributed by atoms with Gasteiger partial charge in [0.25, 0.3) is 0 Å². The first-order valence-electron chi connectivity index (χ1n) is 22.9. The molecule has 2 aromatic heterocycles. The molecule has 14 rings (SSSR count). The second kappa shape index (κ2) is 14.8. The molecule has 0 amide bonds. The first kappa shape index (κ1) is 37.3. The van der Waals surface area contributed by atoms with E-state index in [0.717, 1.165) is 21.9 Å². The van der Waals surface area contributed by atoms with Crippen molar-refractivity contribution < 1.29 is 4.42 Å². The van der Waals surface area contributed by atoms with Crippen molar-refractivity contribution in [2.24, 2.45) is 5.92 Å². The number of allylic oxidation sites excluding steroid dienone is 5. The molecule has 2 aliphatic rings. The quantitative estimate of drug-likeness (QED) is 0.157. The summed E-state index contributed by atoms with van der Waals surface area (Å²) in [4.78, 5) is 0. The average molecular weight is 857 g/mol. The molecule has 1 nitrogen and oxygen atoms in total. The largest absolute Gasteiger partial charge is 0.456 e. The van der Waals surface area contributed by atoms with Gasteiger partial charge in [0.2, 0.25) is 0 Å². The van der Waals surface area contributed by atoms with E-state index in [-0.39, 0.29) is 11.8 Å². The molecule has 0 saturated carbocycles. The molecule has 2 heteroatoms. The minimum atomic E-state index is 0.188. The van der Waals surface area contributed by atoms with Crippen molar-refractivity contribution in [3.8, 4) is 33.4 Å². The second-order valence-corrected chi connectivity index (χ2v) is 18.9. The van der Waals surface area contributed by atoms with E-state index in [4.69, 9.17) is 4.42 Å². The molecule has 66 heavy (non-hydrogen) atoms. The Bertz CT molecular complexity index is 3990. The first-order valence-corrected chi connectivity index (χ1v) is 23.7. The van der Waals surface area contributed by atoms with Gasteiger partial charge in [-0.15, -0.1) is 11.3 Å². The van der Waals surface area contributed by atoms with Gasteiger partial charge in [0.15, 0.2) is 0 Å². The van der Waals surface area contributed by atoms with Crippen LogP contribution in [-0.4, -0.2) is 0 Å². The molecule has 308 valence electrons. The maximum atomic E-state index is 6.93. The molecule has 10 aromatic carbocycles. The zero-order chi connectivity index (χ0) is 43.3. The van der Waals surface area contributed by atoms with Crippen LogP contribution in [0.2, 0.25) is 0 Å². The molecule has 2 heterocycles. The molecule has 0 fully saturated rings. The lowest BCUT2D eigenvalue weighted by Gasteiger charge is -2.37. The van der Waals surface area contributed by atoms with Crippen LogP contribution in [0.3, 0.4) is 0 Å². The number of furan rings is 1. The van der Waals surface area contributed by atoms with E-state index in [1.807, 2.05) is 11.3 Å². The van der Waals surface area contributed by atoms with E-state index in [0.29, 0.717) is 0 Å². The molecular weight excluding hydrogens is 817 g/mol. The smallest absolute Gasteiger partial charge is 0.136 e. The van der Waals surface area contributed by atoms with Crippen LogP contribution in [0.1, 0.15) is 28.2 Å². The van der Waals surface area contributed by atoms with Crippen molar-refractivity contribution in [3.63, 3.8) is 0 Å². The summed E-state index contributed by atoms with van der Waals surface area (Å²) in [6.07, 6.45) is 9.19. The summed E-state index contributed by atoms with van der Waals surface area (Å²) in [5.74, 6) is 0.396. The molecule has 0 saturated heterocycles. The number of hydrogen-bond acceptors (Lipinski definition) is 2. The van der Waals surface area contributed by atoms with Crippen LogP contribution in [0.4, 0.5) is 0 Å². The Balaban J connectivity index is 1.02. The third kappa shape index (κ3) is 5.59. The maximum Gasteiger partial charge on any atom is 0.136 e. The van der Waals surface area contributed by atoms with Gasteiger partial charge in [0.1, 0.15) is 11.2 Å². The summed E-state index contributed by atoms with van der Waals surface area (Å²) < 4.78 is 9.54. The topological polar surface area (TPSA) is 13.1 Å². The van der Waals surface area contributed by atoms with Crippen molar-refractivity contribution in [3.05, 3.63) is 258 Å². The number of thiophene rings is 1. The van der Waals surface area contributed by atoms with Gasteiger partial charge in [-0.3, -0.25) is 0 Å². The van der Waals surface area contributed by atoms with E-state index in [2.05, 4.69) is 231 Å². The van der Waals surface area contributed by atoms with Gasteiger partial charge in [-0.1, -0.05) is 194 Å². The SMILES string of the molecule is C1=CC2=C(c3cccc4oc5cccc(-c6c7ccccc7c(-c7ccc8sc9ccc(-c%10ccccc%10)cc9c8c7)c7ccccc67)c5c34)c3ccccc3C(c3ccccc3)C2C=C1. The van der Waals surface area contributed by atoms with Crippen LogP contribution in [0, 0.1) is 5.92 Å². The predicted molar refractivity (Wildman–Crippen MR) is 280 cm³/mol. The first-order chi connectivity index (χ1) is 32.8. The molecule has 2 unspecified atom stereocenters. The fourth-order valence-corrected chi connectivity index (χ4v) is 12.6. The number of fused-ring (bicyclic) bond motifs is 10. The van der Waals surface area contributed by atoms with Crippen molar-refractivity contribution in [1.29, 1.82) is 0 Å². The predicted octanol–water partition coefficient (Wildman–Crippen LogP) is 18.0. The highest BCUT2D eigenvalue weighted by Gasteiger charge is 2.36. The van der Waals surface area contributed by atoms with Gasteiger partial charge in [-0.25, -0.2) is 0 Å². The van der Waals surface area contributed by atoms with Crippen molar-refractivity contribution in [2.75, 3.05) is 0 Å². The van der Waals surface area contributed by atoms with Crippen LogP contribution in [-0.2, 0) is 0 Å². The molecule has 2 aliphatic carbocycles. The lowest BCUT2D eigenvalue weighted by Crippen LogP contribution is -2.22. The molecule has 0 aliphatic heterocycles. The normalized spacial score (nSPS) is 15.7. The van der Waals surface area contributed by atoms with Gasteiger partial charge >= 0.3 is 0 Å². The molecule has 0 N–H and O–H groups in total. The van der Waals surface area contributed by atoms with Gasteiger partial charge < -0.3 is 4.42 Å². The van der Waals surface area contributed by atoms with E-state index < -0.39 is 0 Å². The molecule has 0 radical (unpaired) electrons. The number of rotatable bonds is 5. The highest BCUT2D eigenvalue weighted by atomic mass is 32.1. The van der Waals surface area contributed by atoms with Crippen LogP contribution in [0.15, 0.2) is 241 Å². The van der Waals surface area contributed by atoms with Crippen LogP contribution in [0.5, 0.6) is 0 Å². The molecule has 0 spiro atoms. The fourth-order valence-electron chi connectivity index (χ4n) is 11.5. The van der Waals surface area contributed by atoms with Crippen LogP contribution in [0.25, 0.3) is 103 Å². The highest BCUT2D eigenvalue weighted by molar-refractivity contribution is 7.25. The summed E-state index contributed by atoms with van der Waals surface area (Å²) in [7, 11) is 0. The van der Waals surface area contributed by atoms with E-state index in [9.17, 15) is 0 Å². The second-order valence-electron chi connectivity index (χ2n) is 17.8. The molecular formula is C64H40OS. The van der Waals surface area contributed by atoms with Crippen molar-refractivity contribution >= 4 is 80.6 Å². The number of hydrogen-bond donors (Lipinski definition) is 0. The van der Waals surface area contributed by atoms with E-state index in [1.54, 1.807) is 0 Å². The van der Waals surface area contributed by atoms with Gasteiger partial charge in [-0.2, -0.15) is 0 Å². The van der Waals surface area contributed by atoms with Gasteiger partial charge in [0, 0.05) is 42.8 Å². The lowest BCUT2D eigenvalue weighted by molar-refractivity contribution is 0.649. The van der Waals surface area contributed by atoms with E-state index >= 15 is 0 Å². The summed E-state index contributed by atoms with van der Waals surface area (Å²) in [5.41, 5.74) is 17.0. The minimum Gasteiger partial charge on any atom is -0.456 e. The van der Waals surface area contributed by atoms with Crippen molar-refractivity contribution in [2.45, 2.75) is 5.92 Å². The number of benzene rings is 10. The summed E-state index contributed by atoms with van der Waals surface area (Å²) in [6, 6.07) is 76.2. The minimum absolute atomic E-state index is 0.188.